The first-order chi connectivity index (χ1) is 15.2. The Morgan fingerprint density at radius 1 is 0.969 bits per heavy atom. The number of benzene rings is 2. The Bertz CT molecular complexity index is 1110. The summed E-state index contributed by atoms with van der Waals surface area (Å²) in [4.78, 5) is 20.3. The van der Waals surface area contributed by atoms with Crippen molar-refractivity contribution in [2.24, 2.45) is 0 Å². The van der Waals surface area contributed by atoms with Gasteiger partial charge >= 0.3 is 5.97 Å². The molecule has 0 bridgehead atoms. The van der Waals surface area contributed by atoms with Gasteiger partial charge in [0.05, 0.1) is 24.3 Å². The van der Waals surface area contributed by atoms with Gasteiger partial charge in [0.2, 0.25) is 0 Å². The third-order valence-electron chi connectivity index (χ3n) is 5.07. The maximum atomic E-state index is 10.7. The van der Waals surface area contributed by atoms with Crippen LogP contribution in [-0.4, -0.2) is 43.5 Å². The number of hydrogen-bond donors (Lipinski definition) is 3. The van der Waals surface area contributed by atoms with Crippen LogP contribution in [0.15, 0.2) is 54.6 Å². The Morgan fingerprint density at radius 3 is 2.25 bits per heavy atom. The van der Waals surface area contributed by atoms with Gasteiger partial charge in [-0.15, -0.1) is 0 Å². The molecule has 0 spiro atoms. The minimum Gasteiger partial charge on any atom is -0.481 e. The summed E-state index contributed by atoms with van der Waals surface area (Å²) in [7, 11) is 0. The number of nitrogens with zero attached hydrogens (tertiary/aromatic N) is 2. The second kappa shape index (κ2) is 10.3. The monoisotopic (exact) mass is 432 g/mol. The summed E-state index contributed by atoms with van der Waals surface area (Å²) in [5.74, 6) is -0.488. The number of aromatic nitrogens is 2. The lowest BCUT2D eigenvalue weighted by Gasteiger charge is -2.14. The molecule has 0 saturated carbocycles. The minimum atomic E-state index is -1.12. The molecule has 2 aromatic carbocycles. The van der Waals surface area contributed by atoms with E-state index < -0.39 is 24.6 Å². The number of hydrogen-bond acceptors (Lipinski definition) is 5. The van der Waals surface area contributed by atoms with Crippen LogP contribution in [0.4, 0.5) is 0 Å². The Balaban J connectivity index is 2.03. The molecule has 1 heterocycles. The number of aryl methyl sites for hydroxylation is 3. The highest BCUT2D eigenvalue weighted by molar-refractivity contribution is 5.76. The summed E-state index contributed by atoms with van der Waals surface area (Å²) in [5, 5.41) is 28.9. The first-order valence-electron chi connectivity index (χ1n) is 10.5. The predicted octanol–water partition coefficient (Wildman–Crippen LogP) is 4.34. The van der Waals surface area contributed by atoms with E-state index in [0.29, 0.717) is 5.82 Å². The molecule has 0 amide bonds. The number of aliphatic hydroxyl groups is 2. The van der Waals surface area contributed by atoms with Crippen molar-refractivity contribution in [3.8, 4) is 22.6 Å². The summed E-state index contributed by atoms with van der Waals surface area (Å²) in [6.07, 6.45) is 0.699. The molecule has 6 nitrogen and oxygen atoms in total. The number of carboxylic acids is 1. The summed E-state index contributed by atoms with van der Waals surface area (Å²) in [6, 6.07) is 16.0. The van der Waals surface area contributed by atoms with Crippen LogP contribution >= 0.6 is 0 Å². The third-order valence-corrected chi connectivity index (χ3v) is 5.07. The summed E-state index contributed by atoms with van der Waals surface area (Å²) >= 11 is 0. The van der Waals surface area contributed by atoms with Gasteiger partial charge in [-0.2, -0.15) is 0 Å². The van der Waals surface area contributed by atoms with Crippen LogP contribution in [0.25, 0.3) is 28.7 Å². The van der Waals surface area contributed by atoms with E-state index in [2.05, 4.69) is 23.2 Å². The SMILES string of the molecule is Cc1cc(C)cc(-c2nc(-c3ccccc3)nc(C)c2/C=C/C(O)CC(O)CC(=O)O)c1. The highest BCUT2D eigenvalue weighted by Crippen LogP contribution is 2.29. The largest absolute Gasteiger partial charge is 0.481 e. The molecule has 2 unspecified atom stereocenters. The molecule has 3 aromatic rings. The first-order valence-corrected chi connectivity index (χ1v) is 10.5. The number of aliphatic hydroxyl groups excluding tert-OH is 2. The lowest BCUT2D eigenvalue weighted by molar-refractivity contribution is -0.139. The van der Waals surface area contributed by atoms with Gasteiger partial charge in [0.15, 0.2) is 5.82 Å². The van der Waals surface area contributed by atoms with Crippen molar-refractivity contribution in [1.29, 1.82) is 0 Å². The molecular weight excluding hydrogens is 404 g/mol. The fourth-order valence-electron chi connectivity index (χ4n) is 3.68. The molecule has 6 heteroatoms. The molecule has 0 saturated heterocycles. The molecule has 2 atom stereocenters. The number of rotatable bonds is 8. The molecule has 0 aliphatic rings. The van der Waals surface area contributed by atoms with Crippen LogP contribution in [0, 0.1) is 20.8 Å². The third kappa shape index (κ3) is 6.09. The van der Waals surface area contributed by atoms with E-state index in [1.54, 1.807) is 12.2 Å². The number of aliphatic carboxylic acids is 1. The molecule has 3 N–H and O–H groups in total. The van der Waals surface area contributed by atoms with E-state index in [9.17, 15) is 15.0 Å². The van der Waals surface area contributed by atoms with Gasteiger partial charge < -0.3 is 15.3 Å². The summed E-state index contributed by atoms with van der Waals surface area (Å²) < 4.78 is 0. The Morgan fingerprint density at radius 2 is 1.62 bits per heavy atom. The van der Waals surface area contributed by atoms with E-state index in [1.165, 1.54) is 0 Å². The van der Waals surface area contributed by atoms with Gasteiger partial charge in [-0.25, -0.2) is 9.97 Å². The van der Waals surface area contributed by atoms with Crippen LogP contribution in [0.5, 0.6) is 0 Å². The Hall–Kier alpha value is -3.35. The Labute approximate surface area is 187 Å². The highest BCUT2D eigenvalue weighted by Gasteiger charge is 2.16. The first kappa shape index (κ1) is 23.3. The van der Waals surface area contributed by atoms with Gasteiger partial charge in [-0.3, -0.25) is 4.79 Å². The van der Waals surface area contributed by atoms with Crippen LogP contribution < -0.4 is 0 Å². The maximum Gasteiger partial charge on any atom is 0.305 e. The topological polar surface area (TPSA) is 104 Å². The zero-order chi connectivity index (χ0) is 23.3. The van der Waals surface area contributed by atoms with Gasteiger partial charge in [0, 0.05) is 28.8 Å². The van der Waals surface area contributed by atoms with Crippen molar-refractivity contribution in [1.82, 2.24) is 9.97 Å². The predicted molar refractivity (Wildman–Crippen MR) is 125 cm³/mol. The van der Waals surface area contributed by atoms with Crippen molar-refractivity contribution < 1.29 is 20.1 Å². The van der Waals surface area contributed by atoms with Gasteiger partial charge in [0.25, 0.3) is 0 Å². The maximum absolute atomic E-state index is 10.7. The molecular formula is C26H28N2O4. The van der Waals surface area contributed by atoms with Crippen LogP contribution in [0.1, 0.15) is 35.2 Å². The smallest absolute Gasteiger partial charge is 0.305 e. The number of carboxylic acid groups (broad SMARTS) is 1. The van der Waals surface area contributed by atoms with Crippen molar-refractivity contribution >= 4 is 12.0 Å². The fourth-order valence-corrected chi connectivity index (χ4v) is 3.68. The van der Waals surface area contributed by atoms with E-state index >= 15 is 0 Å². The van der Waals surface area contributed by atoms with Gasteiger partial charge in [-0.1, -0.05) is 59.7 Å². The second-order valence-electron chi connectivity index (χ2n) is 8.05. The molecule has 0 aliphatic carbocycles. The molecule has 0 fully saturated rings. The molecule has 1 aromatic heterocycles. The summed E-state index contributed by atoms with van der Waals surface area (Å²) in [5.41, 5.74) is 6.36. The molecule has 0 radical (unpaired) electrons. The van der Waals surface area contributed by atoms with E-state index in [0.717, 1.165) is 39.2 Å². The van der Waals surface area contributed by atoms with Crippen molar-refractivity contribution in [3.63, 3.8) is 0 Å². The molecule has 166 valence electrons. The fraction of sp³-hybridized carbons (Fsp3) is 0.269. The number of carbonyl (C=O) groups is 1. The average Bonchev–Trinajstić information content (AvgIpc) is 2.71. The van der Waals surface area contributed by atoms with Crippen LogP contribution in [0.3, 0.4) is 0 Å². The molecule has 0 aliphatic heterocycles. The van der Waals surface area contributed by atoms with E-state index in [4.69, 9.17) is 10.1 Å². The van der Waals surface area contributed by atoms with Gasteiger partial charge in [-0.05, 0) is 32.9 Å². The Kier molecular flexibility index (Phi) is 7.51. The van der Waals surface area contributed by atoms with E-state index in [-0.39, 0.29) is 6.42 Å². The second-order valence-corrected chi connectivity index (χ2v) is 8.05. The average molecular weight is 433 g/mol. The van der Waals surface area contributed by atoms with Crippen LogP contribution in [-0.2, 0) is 4.79 Å². The zero-order valence-corrected chi connectivity index (χ0v) is 18.5. The highest BCUT2D eigenvalue weighted by atomic mass is 16.4. The van der Waals surface area contributed by atoms with Crippen LogP contribution in [0.2, 0.25) is 0 Å². The van der Waals surface area contributed by atoms with Gasteiger partial charge in [0.1, 0.15) is 0 Å². The lowest BCUT2D eigenvalue weighted by atomic mass is 9.99. The van der Waals surface area contributed by atoms with Crippen molar-refractivity contribution in [2.45, 2.75) is 45.8 Å². The molecule has 32 heavy (non-hydrogen) atoms. The zero-order valence-electron chi connectivity index (χ0n) is 18.5. The summed E-state index contributed by atoms with van der Waals surface area (Å²) in [6.45, 7) is 5.96. The van der Waals surface area contributed by atoms with Crippen molar-refractivity contribution in [2.75, 3.05) is 0 Å². The molecule has 3 rings (SSSR count). The standard InChI is InChI=1S/C26H28N2O4/c1-16-11-17(2)13-20(12-16)25-23(10-9-21(29)14-22(30)15-24(31)32)18(3)27-26(28-25)19-7-5-4-6-8-19/h4-13,21-22,29-30H,14-15H2,1-3H3,(H,31,32)/b10-9+. The quantitative estimate of drug-likeness (QED) is 0.489. The normalized spacial score (nSPS) is 13.3. The van der Waals surface area contributed by atoms with E-state index in [1.807, 2.05) is 51.1 Å². The minimum absolute atomic E-state index is 0.0658. The van der Waals surface area contributed by atoms with Crippen molar-refractivity contribution in [3.05, 3.63) is 77.0 Å². The lowest BCUT2D eigenvalue weighted by Crippen LogP contribution is -2.19.